The highest BCUT2D eigenvalue weighted by Crippen LogP contribution is 2.09. The lowest BCUT2D eigenvalue weighted by molar-refractivity contribution is -0.495. The summed E-state index contributed by atoms with van der Waals surface area (Å²) in [5, 5.41) is 69.1. The first kappa shape index (κ1) is 20.1. The molecular formula is C10H21NO10. The first-order valence-electron chi connectivity index (χ1n) is 6.08. The summed E-state index contributed by atoms with van der Waals surface area (Å²) in [6.07, 6.45) is -9.71. The molecule has 1 amide bonds. The largest absolute Gasteiger partial charge is 0.396 e. The number of carbonyl (C=O) groups is 1. The van der Waals surface area contributed by atoms with E-state index in [0.717, 1.165) is 0 Å². The van der Waals surface area contributed by atoms with Crippen LogP contribution in [0, 0.1) is 0 Å². The molecule has 11 nitrogen and oxygen atoms in total. The molecular weight excluding hydrogens is 294 g/mol. The number of carbonyl (C=O) groups excluding carboxylic acids is 1. The third-order valence-corrected chi connectivity index (χ3v) is 2.61. The molecule has 0 aromatic carbocycles. The molecule has 0 heterocycles. The zero-order valence-electron chi connectivity index (χ0n) is 11.1. The van der Waals surface area contributed by atoms with Crippen LogP contribution >= 0.6 is 0 Å². The van der Waals surface area contributed by atoms with E-state index in [4.69, 9.17) is 10.4 Å². The van der Waals surface area contributed by atoms with Gasteiger partial charge in [-0.2, -0.15) is 0 Å². The summed E-state index contributed by atoms with van der Waals surface area (Å²) in [6, 6.07) is 0. The molecule has 0 aliphatic rings. The van der Waals surface area contributed by atoms with Crippen molar-refractivity contribution in [1.29, 1.82) is 0 Å². The molecule has 0 aromatic rings. The summed E-state index contributed by atoms with van der Waals surface area (Å²) in [5.74, 6) is -1.02. The van der Waals surface area contributed by atoms with Crippen LogP contribution in [-0.4, -0.2) is 92.1 Å². The molecule has 11 heteroatoms. The minimum absolute atomic E-state index is 0.0437. The van der Waals surface area contributed by atoms with Gasteiger partial charge in [-0.05, 0) is 6.42 Å². The fourth-order valence-corrected chi connectivity index (χ4v) is 1.37. The quantitative estimate of drug-likeness (QED) is 0.105. The Morgan fingerprint density at radius 1 is 1.05 bits per heavy atom. The van der Waals surface area contributed by atoms with Crippen molar-refractivity contribution in [3.05, 3.63) is 0 Å². The summed E-state index contributed by atoms with van der Waals surface area (Å²) in [5.41, 5.74) is 0. The molecule has 0 aromatic heterocycles. The molecule has 0 saturated heterocycles. The Morgan fingerprint density at radius 2 is 1.67 bits per heavy atom. The zero-order valence-corrected chi connectivity index (χ0v) is 11.1. The Labute approximate surface area is 119 Å². The van der Waals surface area contributed by atoms with Crippen LogP contribution in [-0.2, 0) is 14.7 Å². The normalized spacial score (nSPS) is 18.6. The Morgan fingerprint density at radius 3 is 2.19 bits per heavy atom. The van der Waals surface area contributed by atoms with Crippen LogP contribution in [0.1, 0.15) is 6.42 Å². The lowest BCUT2D eigenvalue weighted by Crippen LogP contribution is -2.54. The van der Waals surface area contributed by atoms with Gasteiger partial charge in [-0.15, -0.1) is 0 Å². The van der Waals surface area contributed by atoms with E-state index in [1.807, 2.05) is 0 Å². The minimum atomic E-state index is -2.08. The number of amides is 1. The van der Waals surface area contributed by atoms with Gasteiger partial charge >= 0.3 is 0 Å². The van der Waals surface area contributed by atoms with Crippen molar-refractivity contribution in [2.24, 2.45) is 0 Å². The predicted octanol–water partition coefficient (Wildman–Crippen LogP) is -4.29. The van der Waals surface area contributed by atoms with Gasteiger partial charge in [-0.1, -0.05) is 5.04 Å². The fraction of sp³-hybridized carbons (Fsp3) is 0.900. The summed E-state index contributed by atoms with van der Waals surface area (Å²) in [6.45, 7) is -0.873. The molecule has 0 unspecified atom stereocenters. The fourth-order valence-electron chi connectivity index (χ4n) is 1.37. The monoisotopic (exact) mass is 315 g/mol. The minimum Gasteiger partial charge on any atom is -0.396 e. The van der Waals surface area contributed by atoms with E-state index in [9.17, 15) is 30.3 Å². The maximum absolute atomic E-state index is 11.4. The van der Waals surface area contributed by atoms with Crippen LogP contribution in [0.3, 0.4) is 0 Å². The third kappa shape index (κ3) is 7.08. The average molecular weight is 315 g/mol. The summed E-state index contributed by atoms with van der Waals surface area (Å²) >= 11 is 0. The highest BCUT2D eigenvalue weighted by atomic mass is 17.5. The molecule has 0 bridgehead atoms. The average Bonchev–Trinajstić information content (AvgIpc) is 2.49. The standard InChI is InChI=1S/C10H21NO10/c12-3-1-2-11-10(18)9(17)8(16)7(15)6(14)5(13)4-20-21-19/h5-9,12-17,19H,1-4H2,(H,11,18)/t5-,6-,7+,8-,9-/m1/s1. The van der Waals surface area contributed by atoms with E-state index < -0.39 is 43.0 Å². The lowest BCUT2D eigenvalue weighted by Gasteiger charge is -2.28. The summed E-state index contributed by atoms with van der Waals surface area (Å²) in [7, 11) is 0. The Bertz CT molecular complexity index is 291. The zero-order chi connectivity index (χ0) is 16.4. The molecule has 0 aliphatic heterocycles. The van der Waals surface area contributed by atoms with Gasteiger partial charge in [0, 0.05) is 13.2 Å². The molecule has 0 saturated carbocycles. The molecule has 21 heavy (non-hydrogen) atoms. The topological polar surface area (TPSA) is 189 Å². The molecule has 0 rings (SSSR count). The lowest BCUT2D eigenvalue weighted by atomic mass is 9.99. The maximum Gasteiger partial charge on any atom is 0.251 e. The second kappa shape index (κ2) is 10.8. The van der Waals surface area contributed by atoms with Gasteiger partial charge in [0.1, 0.15) is 31.0 Å². The van der Waals surface area contributed by atoms with E-state index in [0.29, 0.717) is 0 Å². The number of aliphatic hydroxyl groups is 6. The first-order valence-corrected chi connectivity index (χ1v) is 6.08. The van der Waals surface area contributed by atoms with Gasteiger partial charge in [-0.25, -0.2) is 10.1 Å². The summed E-state index contributed by atoms with van der Waals surface area (Å²) in [4.78, 5) is 15.3. The van der Waals surface area contributed by atoms with Crippen molar-refractivity contribution in [2.75, 3.05) is 19.8 Å². The molecule has 8 N–H and O–H groups in total. The van der Waals surface area contributed by atoms with Crippen molar-refractivity contribution in [1.82, 2.24) is 5.32 Å². The highest BCUT2D eigenvalue weighted by molar-refractivity contribution is 5.81. The molecule has 0 fully saturated rings. The SMILES string of the molecule is O=C(NCCCO)[C@H](O)[C@H](O)[C@@H](O)[C@H](O)[C@H](O)COOO. The second-order valence-corrected chi connectivity index (χ2v) is 4.21. The Balaban J connectivity index is 4.39. The van der Waals surface area contributed by atoms with E-state index in [-0.39, 0.29) is 19.6 Å². The predicted molar refractivity (Wildman–Crippen MR) is 64.4 cm³/mol. The smallest absolute Gasteiger partial charge is 0.251 e. The van der Waals surface area contributed by atoms with Crippen LogP contribution < -0.4 is 5.32 Å². The van der Waals surface area contributed by atoms with Crippen LogP contribution in [0.4, 0.5) is 0 Å². The molecule has 5 atom stereocenters. The molecule has 126 valence electrons. The Hall–Kier alpha value is -0.890. The molecule has 0 aliphatic carbocycles. The van der Waals surface area contributed by atoms with Crippen LogP contribution in [0.15, 0.2) is 0 Å². The Kier molecular flexibility index (Phi) is 10.3. The number of aliphatic hydroxyl groups excluding tert-OH is 6. The second-order valence-electron chi connectivity index (χ2n) is 4.21. The molecule has 0 radical (unpaired) electrons. The van der Waals surface area contributed by atoms with Crippen molar-refractivity contribution >= 4 is 5.91 Å². The maximum atomic E-state index is 11.4. The van der Waals surface area contributed by atoms with Crippen LogP contribution in [0.5, 0.6) is 0 Å². The van der Waals surface area contributed by atoms with E-state index in [2.05, 4.69) is 15.2 Å². The van der Waals surface area contributed by atoms with Crippen LogP contribution in [0.2, 0.25) is 0 Å². The van der Waals surface area contributed by atoms with Crippen molar-refractivity contribution in [3.63, 3.8) is 0 Å². The van der Waals surface area contributed by atoms with E-state index in [1.54, 1.807) is 0 Å². The number of nitrogens with one attached hydrogen (secondary N) is 1. The van der Waals surface area contributed by atoms with Gasteiger partial charge in [0.05, 0.1) is 0 Å². The number of hydrogen-bond donors (Lipinski definition) is 8. The van der Waals surface area contributed by atoms with Gasteiger partial charge in [0.25, 0.3) is 5.91 Å². The van der Waals surface area contributed by atoms with Gasteiger partial charge in [-0.3, -0.25) is 4.79 Å². The van der Waals surface area contributed by atoms with Gasteiger partial charge in [0.15, 0.2) is 6.10 Å². The third-order valence-electron chi connectivity index (χ3n) is 2.61. The number of rotatable bonds is 11. The van der Waals surface area contributed by atoms with E-state index >= 15 is 0 Å². The van der Waals surface area contributed by atoms with Gasteiger partial charge < -0.3 is 36.0 Å². The van der Waals surface area contributed by atoms with E-state index in [1.165, 1.54) is 0 Å². The van der Waals surface area contributed by atoms with Crippen molar-refractivity contribution in [3.8, 4) is 0 Å². The number of hydrogen-bond acceptors (Lipinski definition) is 10. The van der Waals surface area contributed by atoms with Crippen LogP contribution in [0.25, 0.3) is 0 Å². The first-order chi connectivity index (χ1) is 9.86. The highest BCUT2D eigenvalue weighted by Gasteiger charge is 2.37. The van der Waals surface area contributed by atoms with Crippen molar-refractivity contribution in [2.45, 2.75) is 36.9 Å². The summed E-state index contributed by atoms with van der Waals surface area (Å²) < 4.78 is 0. The van der Waals surface area contributed by atoms with Gasteiger partial charge in [0.2, 0.25) is 0 Å². The molecule has 0 spiro atoms. The van der Waals surface area contributed by atoms with Crippen molar-refractivity contribution < 1.29 is 50.6 Å².